The number of amides is 2. The molecule has 0 unspecified atom stereocenters. The molecule has 0 aromatic heterocycles. The molecule has 3 rings (SSSR count). The first-order valence-corrected chi connectivity index (χ1v) is 16.1. The van der Waals surface area contributed by atoms with Crippen molar-refractivity contribution in [3.05, 3.63) is 83.3 Å². The molecule has 11 heteroatoms. The number of nitrogens with one attached hydrogen (secondary N) is 1. The molecular formula is C26H34FN3O5S2. The quantitative estimate of drug-likeness (QED) is 0.461. The Morgan fingerprint density at radius 2 is 1.68 bits per heavy atom. The second-order valence-electron chi connectivity index (χ2n) is 9.41. The van der Waals surface area contributed by atoms with Crippen molar-refractivity contribution in [1.82, 2.24) is 15.1 Å². The highest BCUT2D eigenvalue weighted by molar-refractivity contribution is 7.90. The summed E-state index contributed by atoms with van der Waals surface area (Å²) in [6.45, 7) is 4.74. The van der Waals surface area contributed by atoms with E-state index in [0.717, 1.165) is 29.2 Å². The molecule has 1 atom stereocenters. The number of carbonyl (C=O) groups is 1. The number of urea groups is 1. The van der Waals surface area contributed by atoms with Gasteiger partial charge in [0.1, 0.15) is 25.5 Å². The van der Waals surface area contributed by atoms with E-state index in [4.69, 9.17) is 0 Å². The van der Waals surface area contributed by atoms with Crippen LogP contribution in [0.25, 0.3) is 0 Å². The SMILES string of the molecule is C=C(CCN(CCS(C)(=O)=O)C(=O)N1CCc2ccccc2[C@@H]1c1ccc(F)cc1)NCCS(C)(=O)=O. The predicted molar refractivity (Wildman–Crippen MR) is 143 cm³/mol. The lowest BCUT2D eigenvalue weighted by Gasteiger charge is -2.40. The molecule has 1 aliphatic rings. The Hall–Kier alpha value is -2.92. The van der Waals surface area contributed by atoms with E-state index in [0.29, 0.717) is 25.1 Å². The molecule has 0 radical (unpaired) electrons. The third-order valence-corrected chi connectivity index (χ3v) is 8.12. The summed E-state index contributed by atoms with van der Waals surface area (Å²) in [5, 5.41) is 2.96. The molecule has 202 valence electrons. The monoisotopic (exact) mass is 551 g/mol. The fourth-order valence-corrected chi connectivity index (χ4v) is 5.33. The molecule has 37 heavy (non-hydrogen) atoms. The van der Waals surface area contributed by atoms with Crippen LogP contribution >= 0.6 is 0 Å². The van der Waals surface area contributed by atoms with Gasteiger partial charge in [-0.15, -0.1) is 0 Å². The van der Waals surface area contributed by atoms with Gasteiger partial charge in [0, 0.05) is 50.8 Å². The summed E-state index contributed by atoms with van der Waals surface area (Å²) in [6.07, 6.45) is 3.24. The summed E-state index contributed by atoms with van der Waals surface area (Å²) in [5.41, 5.74) is 3.37. The second-order valence-corrected chi connectivity index (χ2v) is 13.9. The third-order valence-electron chi connectivity index (χ3n) is 6.25. The molecule has 2 aromatic carbocycles. The smallest absolute Gasteiger partial charge is 0.320 e. The number of rotatable bonds is 11. The lowest BCUT2D eigenvalue weighted by atomic mass is 9.88. The molecule has 2 aromatic rings. The van der Waals surface area contributed by atoms with Crippen molar-refractivity contribution in [2.24, 2.45) is 0 Å². The van der Waals surface area contributed by atoms with Crippen LogP contribution in [0.5, 0.6) is 0 Å². The number of sulfone groups is 2. The molecule has 1 aliphatic heterocycles. The minimum absolute atomic E-state index is 0.00255. The summed E-state index contributed by atoms with van der Waals surface area (Å²) in [6, 6.07) is 13.1. The van der Waals surface area contributed by atoms with Gasteiger partial charge < -0.3 is 15.1 Å². The lowest BCUT2D eigenvalue weighted by Crippen LogP contribution is -2.49. The van der Waals surface area contributed by atoms with E-state index >= 15 is 0 Å². The molecule has 0 aliphatic carbocycles. The van der Waals surface area contributed by atoms with Gasteiger partial charge in [0.15, 0.2) is 0 Å². The number of fused-ring (bicyclic) bond motifs is 1. The first-order valence-electron chi connectivity index (χ1n) is 12.0. The zero-order chi connectivity index (χ0) is 27.2. The molecule has 0 saturated carbocycles. The Bertz CT molecular complexity index is 1330. The average molecular weight is 552 g/mol. The highest BCUT2D eigenvalue weighted by atomic mass is 32.2. The minimum Gasteiger partial charge on any atom is -0.388 e. The Morgan fingerprint density at radius 1 is 1.03 bits per heavy atom. The van der Waals surface area contributed by atoms with Gasteiger partial charge in [-0.05, 0) is 35.2 Å². The Kier molecular flexibility index (Phi) is 9.36. The van der Waals surface area contributed by atoms with Crippen LogP contribution < -0.4 is 5.32 Å². The molecule has 0 bridgehead atoms. The predicted octanol–water partition coefficient (Wildman–Crippen LogP) is 2.78. The van der Waals surface area contributed by atoms with Crippen molar-refractivity contribution in [3.8, 4) is 0 Å². The number of hydrogen-bond acceptors (Lipinski definition) is 6. The van der Waals surface area contributed by atoms with Crippen LogP contribution in [-0.4, -0.2) is 82.9 Å². The van der Waals surface area contributed by atoms with E-state index in [1.165, 1.54) is 17.0 Å². The molecule has 2 amide bonds. The van der Waals surface area contributed by atoms with E-state index in [9.17, 15) is 26.0 Å². The minimum atomic E-state index is -3.33. The van der Waals surface area contributed by atoms with E-state index in [2.05, 4.69) is 11.9 Å². The van der Waals surface area contributed by atoms with Crippen LogP contribution in [0.1, 0.15) is 29.2 Å². The van der Waals surface area contributed by atoms with E-state index in [-0.39, 0.29) is 43.0 Å². The van der Waals surface area contributed by atoms with E-state index in [1.54, 1.807) is 17.0 Å². The van der Waals surface area contributed by atoms with Crippen molar-refractivity contribution in [1.29, 1.82) is 0 Å². The van der Waals surface area contributed by atoms with Gasteiger partial charge >= 0.3 is 6.03 Å². The van der Waals surface area contributed by atoms with Crippen molar-refractivity contribution in [2.75, 3.05) is 50.2 Å². The molecule has 1 heterocycles. The van der Waals surface area contributed by atoms with E-state index < -0.39 is 25.7 Å². The van der Waals surface area contributed by atoms with Gasteiger partial charge in [-0.3, -0.25) is 0 Å². The van der Waals surface area contributed by atoms with Gasteiger partial charge in [0.25, 0.3) is 0 Å². The largest absolute Gasteiger partial charge is 0.388 e. The summed E-state index contributed by atoms with van der Waals surface area (Å²) < 4.78 is 60.3. The molecule has 1 N–H and O–H groups in total. The number of halogens is 1. The molecule has 8 nitrogen and oxygen atoms in total. The zero-order valence-electron chi connectivity index (χ0n) is 21.2. The maximum absolute atomic E-state index is 13.9. The van der Waals surface area contributed by atoms with Crippen LogP contribution in [-0.2, 0) is 26.1 Å². The van der Waals surface area contributed by atoms with Crippen molar-refractivity contribution in [2.45, 2.75) is 18.9 Å². The van der Waals surface area contributed by atoms with Crippen LogP contribution in [0.4, 0.5) is 9.18 Å². The topological polar surface area (TPSA) is 104 Å². The van der Waals surface area contributed by atoms with Crippen molar-refractivity contribution < 1.29 is 26.0 Å². The van der Waals surface area contributed by atoms with Crippen molar-refractivity contribution in [3.63, 3.8) is 0 Å². The van der Waals surface area contributed by atoms with Crippen LogP contribution in [0.3, 0.4) is 0 Å². The number of hydrogen-bond donors (Lipinski definition) is 1. The lowest BCUT2D eigenvalue weighted by molar-refractivity contribution is 0.140. The fourth-order valence-electron chi connectivity index (χ4n) is 4.31. The zero-order valence-corrected chi connectivity index (χ0v) is 22.8. The Morgan fingerprint density at radius 3 is 2.32 bits per heavy atom. The van der Waals surface area contributed by atoms with Crippen molar-refractivity contribution >= 4 is 25.7 Å². The van der Waals surface area contributed by atoms with Gasteiger partial charge in [0.05, 0.1) is 17.5 Å². The van der Waals surface area contributed by atoms with Gasteiger partial charge in [-0.2, -0.15) is 0 Å². The fraction of sp³-hybridized carbons (Fsp3) is 0.423. The maximum atomic E-state index is 13.9. The summed E-state index contributed by atoms with van der Waals surface area (Å²) in [7, 11) is -6.46. The van der Waals surface area contributed by atoms with Gasteiger partial charge in [0.2, 0.25) is 0 Å². The first-order chi connectivity index (χ1) is 17.3. The standard InChI is InChI=1S/C26H34FN3O5S2/c1-20(28-14-18-36(2,32)33)12-15-29(17-19-37(3,34)35)26(31)30-16-13-21-6-4-5-7-24(21)25(30)22-8-10-23(27)11-9-22/h4-11,25,28H,1,12-19H2,2-3H3/t25-/m0/s1. The summed E-state index contributed by atoms with van der Waals surface area (Å²) >= 11 is 0. The highest BCUT2D eigenvalue weighted by Crippen LogP contribution is 2.36. The normalized spacial score (nSPS) is 15.6. The van der Waals surface area contributed by atoms with Gasteiger partial charge in [-0.1, -0.05) is 43.0 Å². The molecule has 0 saturated heterocycles. The average Bonchev–Trinajstić information content (AvgIpc) is 2.82. The van der Waals surface area contributed by atoms with E-state index in [1.807, 2.05) is 24.3 Å². The van der Waals surface area contributed by atoms with Crippen LogP contribution in [0, 0.1) is 5.82 Å². The number of carbonyl (C=O) groups excluding carboxylic acids is 1. The maximum Gasteiger partial charge on any atom is 0.320 e. The molecular weight excluding hydrogens is 517 g/mol. The third kappa shape index (κ3) is 8.57. The highest BCUT2D eigenvalue weighted by Gasteiger charge is 2.34. The molecule has 0 spiro atoms. The summed E-state index contributed by atoms with van der Waals surface area (Å²) in [4.78, 5) is 17.1. The number of benzene rings is 2. The molecule has 0 fully saturated rings. The summed E-state index contributed by atoms with van der Waals surface area (Å²) in [5.74, 6) is -0.615. The number of nitrogens with zero attached hydrogens (tertiary/aromatic N) is 2. The Labute approximate surface area is 219 Å². The first kappa shape index (κ1) is 28.6. The van der Waals surface area contributed by atoms with Gasteiger partial charge in [-0.25, -0.2) is 26.0 Å². The second kappa shape index (κ2) is 12.1. The van der Waals surface area contributed by atoms with Crippen LogP contribution in [0.2, 0.25) is 0 Å². The Balaban J connectivity index is 1.83. The van der Waals surface area contributed by atoms with Crippen LogP contribution in [0.15, 0.2) is 60.8 Å².